The first-order chi connectivity index (χ1) is 13.2. The summed E-state index contributed by atoms with van der Waals surface area (Å²) < 4.78 is 5.10. The van der Waals surface area contributed by atoms with Gasteiger partial charge in [-0.2, -0.15) is 0 Å². The average Bonchev–Trinajstić information content (AvgIpc) is 2.72. The Morgan fingerprint density at radius 2 is 1.63 bits per heavy atom. The molecule has 0 bridgehead atoms. The topological polar surface area (TPSA) is 55.4 Å². The van der Waals surface area contributed by atoms with Crippen LogP contribution in [-0.4, -0.2) is 18.4 Å². The maximum absolute atomic E-state index is 11.9. The van der Waals surface area contributed by atoms with Crippen LogP contribution >= 0.6 is 0 Å². The lowest BCUT2D eigenvalue weighted by Crippen LogP contribution is -2.29. The van der Waals surface area contributed by atoms with E-state index in [9.17, 15) is 9.59 Å². The zero-order chi connectivity index (χ0) is 19.3. The molecule has 1 N–H and O–H groups in total. The first-order valence-corrected chi connectivity index (χ1v) is 9.70. The van der Waals surface area contributed by atoms with Crippen molar-refractivity contribution in [3.05, 3.63) is 71.8 Å². The molecule has 0 aromatic heterocycles. The van der Waals surface area contributed by atoms with Gasteiger partial charge in [-0.25, -0.2) is 4.79 Å². The van der Waals surface area contributed by atoms with Crippen LogP contribution in [0.2, 0.25) is 0 Å². The zero-order valence-electron chi connectivity index (χ0n) is 16.0. The molecule has 4 nitrogen and oxygen atoms in total. The van der Waals surface area contributed by atoms with Crippen LogP contribution in [0.25, 0.3) is 0 Å². The van der Waals surface area contributed by atoms with Gasteiger partial charge in [-0.15, -0.1) is 0 Å². The predicted octanol–water partition coefficient (Wildman–Crippen LogP) is 5.24. The van der Waals surface area contributed by atoms with Gasteiger partial charge in [-0.05, 0) is 36.3 Å². The lowest BCUT2D eigenvalue weighted by molar-refractivity contribution is -0.118. The molecule has 0 aliphatic carbocycles. The van der Waals surface area contributed by atoms with Gasteiger partial charge in [0.15, 0.2) is 5.78 Å². The van der Waals surface area contributed by atoms with Crippen molar-refractivity contribution in [2.24, 2.45) is 0 Å². The van der Waals surface area contributed by atoms with E-state index in [2.05, 4.69) is 36.5 Å². The van der Waals surface area contributed by atoms with E-state index < -0.39 is 6.09 Å². The van der Waals surface area contributed by atoms with Crippen molar-refractivity contribution >= 4 is 11.9 Å². The second-order valence-corrected chi connectivity index (χ2v) is 6.72. The molecule has 0 saturated carbocycles. The largest absolute Gasteiger partial charge is 0.445 e. The summed E-state index contributed by atoms with van der Waals surface area (Å²) in [6.07, 6.45) is 3.99. The van der Waals surface area contributed by atoms with Gasteiger partial charge in [-0.3, -0.25) is 4.79 Å². The van der Waals surface area contributed by atoms with Gasteiger partial charge in [0, 0.05) is 6.42 Å². The monoisotopic (exact) mass is 367 g/mol. The molecule has 2 rings (SSSR count). The van der Waals surface area contributed by atoms with Gasteiger partial charge >= 0.3 is 6.09 Å². The number of Topliss-reactive ketones (excluding diaryl/α,β-unsaturated/α-hetero) is 1. The highest BCUT2D eigenvalue weighted by atomic mass is 16.5. The number of alkyl carbamates (subject to hydrolysis) is 1. The SMILES string of the molecule is CC[C@H](CCCCC(=O)CNC(=O)OCc1ccccc1)c1ccccc1. The molecule has 2 aromatic rings. The number of rotatable bonds is 11. The molecule has 0 fully saturated rings. The first-order valence-electron chi connectivity index (χ1n) is 9.70. The number of hydrogen-bond donors (Lipinski definition) is 1. The Kier molecular flexibility index (Phi) is 9.11. The van der Waals surface area contributed by atoms with Crippen molar-refractivity contribution in [2.45, 2.75) is 51.6 Å². The molecule has 0 radical (unpaired) electrons. The highest BCUT2D eigenvalue weighted by Crippen LogP contribution is 2.25. The van der Waals surface area contributed by atoms with Crippen LogP contribution in [0.5, 0.6) is 0 Å². The fourth-order valence-corrected chi connectivity index (χ4v) is 3.08. The minimum Gasteiger partial charge on any atom is -0.445 e. The van der Waals surface area contributed by atoms with Gasteiger partial charge in [0.05, 0.1) is 6.54 Å². The molecular formula is C23H29NO3. The number of benzene rings is 2. The third-order valence-electron chi connectivity index (χ3n) is 4.66. The fourth-order valence-electron chi connectivity index (χ4n) is 3.08. The normalized spacial score (nSPS) is 11.6. The van der Waals surface area contributed by atoms with Crippen LogP contribution in [0.3, 0.4) is 0 Å². The Balaban J connectivity index is 1.57. The number of hydrogen-bond acceptors (Lipinski definition) is 3. The van der Waals surface area contributed by atoms with E-state index in [0.717, 1.165) is 31.2 Å². The third kappa shape index (κ3) is 8.07. The Hall–Kier alpha value is -2.62. The van der Waals surface area contributed by atoms with E-state index >= 15 is 0 Å². The van der Waals surface area contributed by atoms with Crippen molar-refractivity contribution < 1.29 is 14.3 Å². The van der Waals surface area contributed by atoms with E-state index in [1.54, 1.807) is 0 Å². The van der Waals surface area contributed by atoms with Crippen molar-refractivity contribution in [1.29, 1.82) is 0 Å². The van der Waals surface area contributed by atoms with Gasteiger partial charge in [-0.1, -0.05) is 74.0 Å². The predicted molar refractivity (Wildman–Crippen MR) is 108 cm³/mol. The summed E-state index contributed by atoms with van der Waals surface area (Å²) in [4.78, 5) is 23.6. The smallest absolute Gasteiger partial charge is 0.407 e. The summed E-state index contributed by atoms with van der Waals surface area (Å²) in [5.41, 5.74) is 2.29. The Morgan fingerprint density at radius 1 is 0.963 bits per heavy atom. The molecule has 2 aromatic carbocycles. The van der Waals surface area contributed by atoms with Gasteiger partial charge in [0.1, 0.15) is 6.61 Å². The number of amides is 1. The van der Waals surface area contributed by atoms with Crippen LogP contribution in [0.1, 0.15) is 56.1 Å². The number of ether oxygens (including phenoxy) is 1. The molecule has 0 aliphatic heterocycles. The van der Waals surface area contributed by atoms with E-state index in [1.165, 1.54) is 5.56 Å². The second-order valence-electron chi connectivity index (χ2n) is 6.72. The van der Waals surface area contributed by atoms with Crippen LogP contribution < -0.4 is 5.32 Å². The minimum absolute atomic E-state index is 0.0313. The van der Waals surface area contributed by atoms with Gasteiger partial charge in [0.2, 0.25) is 0 Å². The Labute approximate surface area is 161 Å². The van der Waals surface area contributed by atoms with E-state index in [0.29, 0.717) is 12.3 Å². The van der Waals surface area contributed by atoms with Crippen molar-refractivity contribution in [3.8, 4) is 0 Å². The van der Waals surface area contributed by atoms with Crippen LogP contribution in [0.4, 0.5) is 4.79 Å². The molecule has 1 atom stereocenters. The molecule has 0 aliphatic rings. The average molecular weight is 367 g/mol. The summed E-state index contributed by atoms with van der Waals surface area (Å²) in [6.45, 7) is 2.44. The van der Waals surface area contributed by atoms with Crippen molar-refractivity contribution in [3.63, 3.8) is 0 Å². The lowest BCUT2D eigenvalue weighted by Gasteiger charge is -2.15. The molecule has 27 heavy (non-hydrogen) atoms. The van der Waals surface area contributed by atoms with Gasteiger partial charge < -0.3 is 10.1 Å². The number of unbranched alkanes of at least 4 members (excludes halogenated alkanes) is 1. The molecule has 0 unspecified atom stereocenters. The third-order valence-corrected chi connectivity index (χ3v) is 4.66. The van der Waals surface area contributed by atoms with Crippen molar-refractivity contribution in [1.82, 2.24) is 5.32 Å². The van der Waals surface area contributed by atoms with E-state index in [4.69, 9.17) is 4.74 Å². The first kappa shape index (κ1) is 20.7. The molecule has 0 spiro atoms. The summed E-state index contributed by atoms with van der Waals surface area (Å²) in [5, 5.41) is 2.53. The van der Waals surface area contributed by atoms with Crippen molar-refractivity contribution in [2.75, 3.05) is 6.54 Å². The molecule has 1 amide bonds. The number of ketones is 1. The molecule has 4 heteroatoms. The second kappa shape index (κ2) is 11.9. The van der Waals surface area contributed by atoms with E-state index in [1.807, 2.05) is 36.4 Å². The van der Waals surface area contributed by atoms with Crippen LogP contribution in [0.15, 0.2) is 60.7 Å². The summed E-state index contributed by atoms with van der Waals surface area (Å²) in [5.74, 6) is 0.590. The molecule has 0 heterocycles. The quantitative estimate of drug-likeness (QED) is 0.553. The maximum Gasteiger partial charge on any atom is 0.407 e. The summed E-state index contributed by atoms with van der Waals surface area (Å²) >= 11 is 0. The standard InChI is InChI=1S/C23H29NO3/c1-2-20(21-14-7-4-8-15-21)13-9-10-16-22(25)17-24-23(26)27-18-19-11-5-3-6-12-19/h3-8,11-12,14-15,20H,2,9-10,13,16-18H2,1H3,(H,24,26)/t20-/m1/s1. The number of carbonyl (C=O) groups excluding carboxylic acids is 2. The minimum atomic E-state index is -0.553. The number of carbonyl (C=O) groups is 2. The van der Waals surface area contributed by atoms with Gasteiger partial charge in [0.25, 0.3) is 0 Å². The fraction of sp³-hybridized carbons (Fsp3) is 0.391. The van der Waals surface area contributed by atoms with E-state index in [-0.39, 0.29) is 18.9 Å². The maximum atomic E-state index is 11.9. The summed E-state index contributed by atoms with van der Waals surface area (Å²) in [6, 6.07) is 20.0. The number of nitrogens with one attached hydrogen (secondary N) is 1. The molecular weight excluding hydrogens is 338 g/mol. The zero-order valence-corrected chi connectivity index (χ0v) is 16.0. The molecule has 144 valence electrons. The Bertz CT molecular complexity index is 685. The van der Waals surface area contributed by atoms with Crippen LogP contribution in [0, 0.1) is 0 Å². The molecule has 0 saturated heterocycles. The highest BCUT2D eigenvalue weighted by molar-refractivity contribution is 5.83. The van der Waals surface area contributed by atoms with Crippen LogP contribution in [-0.2, 0) is 16.1 Å². The Morgan fingerprint density at radius 3 is 2.30 bits per heavy atom. The lowest BCUT2D eigenvalue weighted by atomic mass is 9.91. The summed E-state index contributed by atoms with van der Waals surface area (Å²) in [7, 11) is 0. The highest BCUT2D eigenvalue weighted by Gasteiger charge is 2.10.